The number of nitrogens with one attached hydrogen (secondary N) is 1. The van der Waals surface area contributed by atoms with Crippen molar-refractivity contribution in [3.63, 3.8) is 0 Å². The van der Waals surface area contributed by atoms with Crippen LogP contribution in [-0.4, -0.2) is 26.8 Å². The van der Waals surface area contributed by atoms with Gasteiger partial charge in [-0.25, -0.2) is 0 Å². The molecule has 1 N–H and O–H groups in total. The third-order valence-corrected chi connectivity index (χ3v) is 1.70. The molecule has 0 radical (unpaired) electrons. The Bertz CT molecular complexity index is 302. The Morgan fingerprint density at radius 3 is 2.67 bits per heavy atom. The summed E-state index contributed by atoms with van der Waals surface area (Å²) in [7, 11) is 1.69. The molecule has 0 atom stereocenters. The van der Waals surface area contributed by atoms with Crippen LogP contribution in [0.3, 0.4) is 0 Å². The first-order chi connectivity index (χ1) is 6.93. The van der Waals surface area contributed by atoms with Gasteiger partial charge in [-0.3, -0.25) is 0 Å². The summed E-state index contributed by atoms with van der Waals surface area (Å²) < 4.78 is 4.90. The summed E-state index contributed by atoms with van der Waals surface area (Å²) in [6.45, 7) is 2.28. The van der Waals surface area contributed by atoms with E-state index in [1.165, 1.54) is 0 Å². The van der Waals surface area contributed by atoms with Gasteiger partial charge in [-0.2, -0.15) is 0 Å². The first-order valence-electron chi connectivity index (χ1n) is 4.67. The van der Waals surface area contributed by atoms with Gasteiger partial charge in [0.2, 0.25) is 0 Å². The molecule has 0 saturated carbocycles. The average molecular weight is 226 g/mol. The maximum Gasteiger partial charge on any atom is 0.0587 e. The van der Waals surface area contributed by atoms with Crippen LogP contribution >= 0.6 is 12.4 Å². The van der Waals surface area contributed by atoms with Gasteiger partial charge in [-0.15, -0.1) is 12.4 Å². The van der Waals surface area contributed by atoms with E-state index in [0.717, 1.165) is 18.7 Å². The first-order valence-corrected chi connectivity index (χ1v) is 4.67. The molecule has 0 fully saturated rings. The summed E-state index contributed by atoms with van der Waals surface area (Å²) in [5, 5.41) is 3.16. The van der Waals surface area contributed by atoms with E-state index in [1.54, 1.807) is 7.11 Å². The molecule has 0 aromatic heterocycles. The van der Waals surface area contributed by atoms with Gasteiger partial charge in [-0.05, 0) is 12.1 Å². The lowest BCUT2D eigenvalue weighted by Crippen LogP contribution is -2.19. The summed E-state index contributed by atoms with van der Waals surface area (Å²) in [5.74, 6) is 6.11. The van der Waals surface area contributed by atoms with Crippen molar-refractivity contribution in [1.29, 1.82) is 0 Å². The average Bonchev–Trinajstić information content (AvgIpc) is 2.25. The molecule has 0 bridgehead atoms. The fourth-order valence-electron chi connectivity index (χ4n) is 0.993. The fourth-order valence-corrected chi connectivity index (χ4v) is 0.993. The molecule has 0 aliphatic rings. The van der Waals surface area contributed by atoms with Crippen molar-refractivity contribution in [3.8, 4) is 11.8 Å². The van der Waals surface area contributed by atoms with Gasteiger partial charge in [0.1, 0.15) is 0 Å². The Balaban J connectivity index is 0.00000196. The molecule has 82 valence electrons. The molecule has 2 nitrogen and oxygen atoms in total. The Kier molecular flexibility index (Phi) is 8.90. The lowest BCUT2D eigenvalue weighted by atomic mass is 10.2. The molecular weight excluding hydrogens is 210 g/mol. The number of ether oxygens (including phenoxy) is 1. The van der Waals surface area contributed by atoms with E-state index in [-0.39, 0.29) is 12.4 Å². The molecule has 15 heavy (non-hydrogen) atoms. The molecule has 0 heterocycles. The van der Waals surface area contributed by atoms with Crippen LogP contribution in [0, 0.1) is 11.8 Å². The van der Waals surface area contributed by atoms with Crippen LogP contribution in [0.15, 0.2) is 30.3 Å². The predicted octanol–water partition coefficient (Wildman–Crippen LogP) is 1.70. The third-order valence-electron chi connectivity index (χ3n) is 1.70. The van der Waals surface area contributed by atoms with E-state index in [1.807, 2.05) is 30.3 Å². The first kappa shape index (κ1) is 14.0. The van der Waals surface area contributed by atoms with Gasteiger partial charge in [-0.1, -0.05) is 30.0 Å². The number of methoxy groups -OCH3 is 1. The highest BCUT2D eigenvalue weighted by Gasteiger charge is 1.82. The van der Waals surface area contributed by atoms with Crippen molar-refractivity contribution in [1.82, 2.24) is 5.32 Å². The summed E-state index contributed by atoms with van der Waals surface area (Å²) in [5.41, 5.74) is 1.06. The lowest BCUT2D eigenvalue weighted by Gasteiger charge is -1.96. The Morgan fingerprint density at radius 2 is 2.00 bits per heavy atom. The number of hydrogen-bond acceptors (Lipinski definition) is 2. The molecule has 0 unspecified atom stereocenters. The second-order valence-corrected chi connectivity index (χ2v) is 2.84. The van der Waals surface area contributed by atoms with Gasteiger partial charge in [0.15, 0.2) is 0 Å². The largest absolute Gasteiger partial charge is 0.383 e. The lowest BCUT2D eigenvalue weighted by molar-refractivity contribution is 0.200. The number of rotatable bonds is 4. The number of benzene rings is 1. The van der Waals surface area contributed by atoms with E-state index in [0.29, 0.717) is 6.54 Å². The van der Waals surface area contributed by atoms with Crippen molar-refractivity contribution in [2.24, 2.45) is 0 Å². The summed E-state index contributed by atoms with van der Waals surface area (Å²) >= 11 is 0. The van der Waals surface area contributed by atoms with Gasteiger partial charge < -0.3 is 10.1 Å². The van der Waals surface area contributed by atoms with Crippen LogP contribution in [0.1, 0.15) is 5.56 Å². The molecule has 0 spiro atoms. The normalized spacial score (nSPS) is 8.60. The topological polar surface area (TPSA) is 21.3 Å². The monoisotopic (exact) mass is 225 g/mol. The molecule has 1 aromatic rings. The Hall–Kier alpha value is -1.01. The Morgan fingerprint density at radius 1 is 1.27 bits per heavy atom. The maximum atomic E-state index is 4.90. The highest BCUT2D eigenvalue weighted by molar-refractivity contribution is 5.85. The van der Waals surface area contributed by atoms with E-state index in [2.05, 4.69) is 17.2 Å². The Labute approximate surface area is 97.4 Å². The van der Waals surface area contributed by atoms with Crippen molar-refractivity contribution < 1.29 is 4.74 Å². The summed E-state index contributed by atoms with van der Waals surface area (Å²) in [4.78, 5) is 0. The highest BCUT2D eigenvalue weighted by Crippen LogP contribution is 1.93. The zero-order valence-electron chi connectivity index (χ0n) is 8.82. The third kappa shape index (κ3) is 6.98. The number of hydrogen-bond donors (Lipinski definition) is 1. The summed E-state index contributed by atoms with van der Waals surface area (Å²) in [6, 6.07) is 9.97. The van der Waals surface area contributed by atoms with Crippen LogP contribution < -0.4 is 5.32 Å². The second kappa shape index (κ2) is 9.54. The van der Waals surface area contributed by atoms with Crippen molar-refractivity contribution in [2.45, 2.75) is 0 Å². The van der Waals surface area contributed by atoms with Crippen LogP contribution in [0.2, 0.25) is 0 Å². The van der Waals surface area contributed by atoms with Crippen LogP contribution in [-0.2, 0) is 4.74 Å². The van der Waals surface area contributed by atoms with Gasteiger partial charge in [0.05, 0.1) is 13.2 Å². The SMILES string of the molecule is COCCNCC#Cc1ccccc1.Cl. The van der Waals surface area contributed by atoms with Crippen LogP contribution in [0.25, 0.3) is 0 Å². The van der Waals surface area contributed by atoms with Gasteiger partial charge in [0.25, 0.3) is 0 Å². The minimum atomic E-state index is 0. The van der Waals surface area contributed by atoms with Crippen LogP contribution in [0.5, 0.6) is 0 Å². The quantitative estimate of drug-likeness (QED) is 0.622. The molecule has 0 aliphatic carbocycles. The standard InChI is InChI=1S/C12H15NO.ClH/c1-14-11-10-13-9-5-8-12-6-3-2-4-7-12;/h2-4,6-7,13H,9-11H2,1H3;1H. The molecule has 1 aromatic carbocycles. The molecule has 0 saturated heterocycles. The van der Waals surface area contributed by atoms with E-state index in [9.17, 15) is 0 Å². The second-order valence-electron chi connectivity index (χ2n) is 2.84. The molecule has 0 amide bonds. The van der Waals surface area contributed by atoms with E-state index < -0.39 is 0 Å². The molecule has 1 rings (SSSR count). The number of halogens is 1. The minimum absolute atomic E-state index is 0. The van der Waals surface area contributed by atoms with Crippen molar-refractivity contribution in [2.75, 3.05) is 26.8 Å². The van der Waals surface area contributed by atoms with Crippen molar-refractivity contribution >= 4 is 12.4 Å². The molecule has 0 aliphatic heterocycles. The van der Waals surface area contributed by atoms with E-state index in [4.69, 9.17) is 4.74 Å². The minimum Gasteiger partial charge on any atom is -0.383 e. The van der Waals surface area contributed by atoms with E-state index >= 15 is 0 Å². The maximum absolute atomic E-state index is 4.90. The summed E-state index contributed by atoms with van der Waals surface area (Å²) in [6.07, 6.45) is 0. The highest BCUT2D eigenvalue weighted by atomic mass is 35.5. The predicted molar refractivity (Wildman–Crippen MR) is 65.3 cm³/mol. The smallest absolute Gasteiger partial charge is 0.0587 e. The molecule has 3 heteroatoms. The van der Waals surface area contributed by atoms with Crippen molar-refractivity contribution in [3.05, 3.63) is 35.9 Å². The van der Waals surface area contributed by atoms with Gasteiger partial charge >= 0.3 is 0 Å². The fraction of sp³-hybridized carbons (Fsp3) is 0.333. The van der Waals surface area contributed by atoms with Crippen LogP contribution in [0.4, 0.5) is 0 Å². The van der Waals surface area contributed by atoms with Gasteiger partial charge in [0, 0.05) is 19.2 Å². The zero-order valence-corrected chi connectivity index (χ0v) is 9.64. The zero-order chi connectivity index (χ0) is 10.1. The molecular formula is C12H16ClNO.